The van der Waals surface area contributed by atoms with Gasteiger partial charge in [-0.25, -0.2) is 0 Å². The number of anilines is 1. The Bertz CT molecular complexity index is 905. The molecule has 1 aliphatic rings. The van der Waals surface area contributed by atoms with Crippen molar-refractivity contribution in [3.8, 4) is 11.8 Å². The summed E-state index contributed by atoms with van der Waals surface area (Å²) in [6, 6.07) is 20.0. The highest BCUT2D eigenvalue weighted by molar-refractivity contribution is 5.41. The standard InChI is InChI=1S/C19H19N7/c20-14-16-6-4-5-7-17(16)15-24-10-12-25(13-11-24)19-21-22-23-26(19)18-8-2-1-3-9-18/h1-9H,10-13,15H2. The van der Waals surface area contributed by atoms with Gasteiger partial charge in [-0.05, 0) is 34.2 Å². The van der Waals surface area contributed by atoms with E-state index in [1.807, 2.05) is 54.6 Å². The third-order valence-corrected chi connectivity index (χ3v) is 4.64. The molecule has 0 spiro atoms. The zero-order valence-electron chi connectivity index (χ0n) is 14.4. The lowest BCUT2D eigenvalue weighted by molar-refractivity contribution is 0.248. The van der Waals surface area contributed by atoms with Crippen molar-refractivity contribution < 1.29 is 0 Å². The third-order valence-electron chi connectivity index (χ3n) is 4.64. The number of nitriles is 1. The average Bonchev–Trinajstić information content (AvgIpc) is 3.19. The summed E-state index contributed by atoms with van der Waals surface area (Å²) in [6.07, 6.45) is 0. The number of aromatic nitrogens is 4. The Morgan fingerprint density at radius 1 is 0.923 bits per heavy atom. The molecule has 4 rings (SSSR count). The van der Waals surface area contributed by atoms with E-state index in [0.29, 0.717) is 0 Å². The maximum absolute atomic E-state index is 9.25. The number of nitrogens with zero attached hydrogens (tertiary/aromatic N) is 7. The molecule has 1 aliphatic heterocycles. The van der Waals surface area contributed by atoms with E-state index in [4.69, 9.17) is 0 Å². The van der Waals surface area contributed by atoms with Gasteiger partial charge in [-0.3, -0.25) is 4.90 Å². The molecule has 130 valence electrons. The largest absolute Gasteiger partial charge is 0.337 e. The molecule has 1 fully saturated rings. The number of piperazine rings is 1. The Kier molecular flexibility index (Phi) is 4.58. The number of hydrogen-bond donors (Lipinski definition) is 0. The second-order valence-electron chi connectivity index (χ2n) is 6.26. The molecule has 0 N–H and O–H groups in total. The fourth-order valence-corrected chi connectivity index (χ4v) is 3.23. The minimum Gasteiger partial charge on any atom is -0.337 e. The van der Waals surface area contributed by atoms with Crippen LogP contribution in [-0.4, -0.2) is 51.3 Å². The van der Waals surface area contributed by atoms with Crippen molar-refractivity contribution in [1.82, 2.24) is 25.1 Å². The van der Waals surface area contributed by atoms with E-state index in [0.717, 1.165) is 55.5 Å². The van der Waals surface area contributed by atoms with Crippen molar-refractivity contribution in [2.45, 2.75) is 6.54 Å². The second kappa shape index (κ2) is 7.33. The van der Waals surface area contributed by atoms with Gasteiger partial charge in [0.15, 0.2) is 0 Å². The van der Waals surface area contributed by atoms with E-state index in [-0.39, 0.29) is 0 Å². The van der Waals surface area contributed by atoms with Crippen molar-refractivity contribution in [3.05, 3.63) is 65.7 Å². The van der Waals surface area contributed by atoms with Crippen molar-refractivity contribution >= 4 is 5.95 Å². The lowest BCUT2D eigenvalue weighted by Crippen LogP contribution is -2.46. The lowest BCUT2D eigenvalue weighted by Gasteiger charge is -2.34. The van der Waals surface area contributed by atoms with Gasteiger partial charge in [-0.2, -0.15) is 9.94 Å². The van der Waals surface area contributed by atoms with Crippen LogP contribution in [0.15, 0.2) is 54.6 Å². The molecule has 2 heterocycles. The average molecular weight is 345 g/mol. The molecule has 0 radical (unpaired) electrons. The monoisotopic (exact) mass is 345 g/mol. The molecule has 7 heteroatoms. The predicted molar refractivity (Wildman–Crippen MR) is 97.8 cm³/mol. The molecule has 3 aromatic rings. The van der Waals surface area contributed by atoms with Gasteiger partial charge in [-0.15, -0.1) is 0 Å². The Labute approximate surface area is 152 Å². The molecule has 0 saturated carbocycles. The van der Waals surface area contributed by atoms with Gasteiger partial charge in [0.25, 0.3) is 0 Å². The van der Waals surface area contributed by atoms with Crippen LogP contribution in [0.25, 0.3) is 5.69 Å². The zero-order chi connectivity index (χ0) is 17.8. The van der Waals surface area contributed by atoms with Crippen LogP contribution in [0, 0.1) is 11.3 Å². The molecule has 26 heavy (non-hydrogen) atoms. The maximum Gasteiger partial charge on any atom is 0.250 e. The number of benzene rings is 2. The molecular weight excluding hydrogens is 326 g/mol. The van der Waals surface area contributed by atoms with Crippen LogP contribution in [-0.2, 0) is 6.54 Å². The number of hydrogen-bond acceptors (Lipinski definition) is 6. The molecular formula is C19H19N7. The Hall–Kier alpha value is -3.24. The molecule has 0 atom stereocenters. The second-order valence-corrected chi connectivity index (χ2v) is 6.26. The number of rotatable bonds is 4. The summed E-state index contributed by atoms with van der Waals surface area (Å²) >= 11 is 0. The Balaban J connectivity index is 1.44. The van der Waals surface area contributed by atoms with Crippen LogP contribution in [0.3, 0.4) is 0 Å². The first-order valence-corrected chi connectivity index (χ1v) is 8.64. The Morgan fingerprint density at radius 2 is 1.65 bits per heavy atom. The highest BCUT2D eigenvalue weighted by Gasteiger charge is 2.22. The van der Waals surface area contributed by atoms with Crippen LogP contribution in [0.5, 0.6) is 0 Å². The summed E-state index contributed by atoms with van der Waals surface area (Å²) in [4.78, 5) is 4.57. The molecule has 0 bridgehead atoms. The smallest absolute Gasteiger partial charge is 0.250 e. The van der Waals surface area contributed by atoms with Gasteiger partial charge in [0.2, 0.25) is 5.95 Å². The molecule has 0 amide bonds. The quantitative estimate of drug-likeness (QED) is 0.718. The van der Waals surface area contributed by atoms with Crippen molar-refractivity contribution in [3.63, 3.8) is 0 Å². The number of tetrazole rings is 1. The van der Waals surface area contributed by atoms with Crippen LogP contribution >= 0.6 is 0 Å². The van der Waals surface area contributed by atoms with Gasteiger partial charge in [0.1, 0.15) is 0 Å². The van der Waals surface area contributed by atoms with Gasteiger partial charge in [-0.1, -0.05) is 41.5 Å². The maximum atomic E-state index is 9.25. The van der Waals surface area contributed by atoms with Crippen molar-refractivity contribution in [1.29, 1.82) is 5.26 Å². The summed E-state index contributed by atoms with van der Waals surface area (Å²) in [5, 5.41) is 21.5. The fraction of sp³-hybridized carbons (Fsp3) is 0.263. The predicted octanol–water partition coefficient (Wildman–Crippen LogP) is 1.86. The molecule has 1 aromatic heterocycles. The minimum atomic E-state index is 0.753. The van der Waals surface area contributed by atoms with Gasteiger partial charge >= 0.3 is 0 Å². The van der Waals surface area contributed by atoms with E-state index < -0.39 is 0 Å². The molecule has 2 aromatic carbocycles. The van der Waals surface area contributed by atoms with Crippen molar-refractivity contribution in [2.75, 3.05) is 31.1 Å². The fourth-order valence-electron chi connectivity index (χ4n) is 3.23. The van der Waals surface area contributed by atoms with E-state index in [1.54, 1.807) is 4.68 Å². The van der Waals surface area contributed by atoms with E-state index in [9.17, 15) is 5.26 Å². The van der Waals surface area contributed by atoms with Crippen LogP contribution in [0.2, 0.25) is 0 Å². The highest BCUT2D eigenvalue weighted by Crippen LogP contribution is 2.18. The first-order valence-electron chi connectivity index (χ1n) is 8.64. The SMILES string of the molecule is N#Cc1ccccc1CN1CCN(c2nnnn2-c2ccccc2)CC1. The van der Waals surface area contributed by atoms with Gasteiger partial charge < -0.3 is 4.90 Å². The van der Waals surface area contributed by atoms with Crippen molar-refractivity contribution in [2.24, 2.45) is 0 Å². The summed E-state index contributed by atoms with van der Waals surface area (Å²) in [5.74, 6) is 0.772. The first kappa shape index (κ1) is 16.2. The minimum absolute atomic E-state index is 0.753. The highest BCUT2D eigenvalue weighted by atomic mass is 15.6. The normalized spacial score (nSPS) is 15.0. The molecule has 7 nitrogen and oxygen atoms in total. The summed E-state index contributed by atoms with van der Waals surface area (Å²) in [6.45, 7) is 4.30. The van der Waals surface area contributed by atoms with E-state index >= 15 is 0 Å². The summed E-state index contributed by atoms with van der Waals surface area (Å²) in [7, 11) is 0. The first-order chi connectivity index (χ1) is 12.8. The molecule has 1 saturated heterocycles. The Morgan fingerprint density at radius 3 is 2.42 bits per heavy atom. The van der Waals surface area contributed by atoms with Crippen LogP contribution in [0.1, 0.15) is 11.1 Å². The summed E-state index contributed by atoms with van der Waals surface area (Å²) < 4.78 is 1.78. The number of para-hydroxylation sites is 1. The zero-order valence-corrected chi connectivity index (χ0v) is 14.4. The third kappa shape index (κ3) is 3.27. The summed E-state index contributed by atoms with van der Waals surface area (Å²) in [5.41, 5.74) is 2.79. The van der Waals surface area contributed by atoms with Gasteiger partial charge in [0, 0.05) is 32.7 Å². The topological polar surface area (TPSA) is 73.9 Å². The molecule has 0 aliphatic carbocycles. The van der Waals surface area contributed by atoms with Gasteiger partial charge in [0.05, 0.1) is 17.3 Å². The van der Waals surface area contributed by atoms with Crippen LogP contribution < -0.4 is 4.90 Å². The lowest BCUT2D eigenvalue weighted by atomic mass is 10.1. The van der Waals surface area contributed by atoms with Crippen LogP contribution in [0.4, 0.5) is 5.95 Å². The molecule has 0 unspecified atom stereocenters. The van der Waals surface area contributed by atoms with E-state index in [1.165, 1.54) is 0 Å². The van der Waals surface area contributed by atoms with E-state index in [2.05, 4.69) is 31.4 Å².